The summed E-state index contributed by atoms with van der Waals surface area (Å²) < 4.78 is 0. The smallest absolute Gasteiger partial charge is 0.0349 e. The maximum atomic E-state index is 6.50. The Balaban J connectivity index is 2.51. The van der Waals surface area contributed by atoms with E-state index in [1.807, 2.05) is 0 Å². The molecular formula is C17H30N2. The average molecular weight is 262 g/mol. The first-order valence-electron chi connectivity index (χ1n) is 7.53. The maximum Gasteiger partial charge on any atom is 0.0349 e. The molecule has 0 aliphatic heterocycles. The number of rotatable bonds is 8. The van der Waals surface area contributed by atoms with Crippen LogP contribution in [0.3, 0.4) is 0 Å². The van der Waals surface area contributed by atoms with Gasteiger partial charge in [0.15, 0.2) is 0 Å². The van der Waals surface area contributed by atoms with Crippen molar-refractivity contribution in [2.24, 2.45) is 5.73 Å². The van der Waals surface area contributed by atoms with Crippen molar-refractivity contribution in [1.82, 2.24) is 4.90 Å². The lowest BCUT2D eigenvalue weighted by Crippen LogP contribution is -2.56. The second-order valence-electron chi connectivity index (χ2n) is 5.69. The summed E-state index contributed by atoms with van der Waals surface area (Å²) in [5, 5.41) is 0. The van der Waals surface area contributed by atoms with Gasteiger partial charge in [0, 0.05) is 11.6 Å². The van der Waals surface area contributed by atoms with Gasteiger partial charge in [0.1, 0.15) is 0 Å². The van der Waals surface area contributed by atoms with Gasteiger partial charge in [0.25, 0.3) is 0 Å². The third kappa shape index (κ3) is 4.05. The van der Waals surface area contributed by atoms with Gasteiger partial charge in [-0.15, -0.1) is 0 Å². The summed E-state index contributed by atoms with van der Waals surface area (Å²) in [7, 11) is 4.31. The Bertz CT molecular complexity index is 342. The topological polar surface area (TPSA) is 29.3 Å². The van der Waals surface area contributed by atoms with E-state index >= 15 is 0 Å². The predicted octanol–water partition coefficient (Wildman–Crippen LogP) is 3.46. The van der Waals surface area contributed by atoms with Crippen molar-refractivity contribution in [3.63, 3.8) is 0 Å². The molecule has 0 amide bonds. The molecule has 0 saturated carbocycles. The van der Waals surface area contributed by atoms with E-state index in [-0.39, 0.29) is 11.6 Å². The monoisotopic (exact) mass is 262 g/mol. The Hall–Kier alpha value is -0.860. The molecule has 0 saturated heterocycles. The van der Waals surface area contributed by atoms with Crippen LogP contribution in [-0.2, 0) is 6.42 Å². The van der Waals surface area contributed by atoms with Crippen LogP contribution in [0.5, 0.6) is 0 Å². The minimum absolute atomic E-state index is 0.149. The molecule has 1 aromatic carbocycles. The first-order chi connectivity index (χ1) is 9.06. The summed E-state index contributed by atoms with van der Waals surface area (Å²) >= 11 is 0. The van der Waals surface area contributed by atoms with E-state index in [0.717, 1.165) is 25.7 Å². The fourth-order valence-corrected chi connectivity index (χ4v) is 3.18. The van der Waals surface area contributed by atoms with Gasteiger partial charge in [-0.3, -0.25) is 0 Å². The minimum atomic E-state index is 0.149. The lowest BCUT2D eigenvalue weighted by molar-refractivity contribution is 0.101. The molecule has 1 rings (SSSR count). The summed E-state index contributed by atoms with van der Waals surface area (Å²) in [5.41, 5.74) is 8.06. The molecule has 0 aliphatic carbocycles. The third-order valence-corrected chi connectivity index (χ3v) is 4.63. The van der Waals surface area contributed by atoms with Gasteiger partial charge in [-0.2, -0.15) is 0 Å². The summed E-state index contributed by atoms with van der Waals surface area (Å²) in [6.07, 6.45) is 5.62. The van der Waals surface area contributed by atoms with Crippen LogP contribution in [0.25, 0.3) is 0 Å². The molecule has 1 atom stereocenters. The number of benzene rings is 1. The van der Waals surface area contributed by atoms with Crippen LogP contribution >= 0.6 is 0 Å². The molecule has 0 fully saturated rings. The Labute approximate surface area is 119 Å². The van der Waals surface area contributed by atoms with Crippen molar-refractivity contribution in [3.8, 4) is 0 Å². The van der Waals surface area contributed by atoms with Crippen molar-refractivity contribution >= 4 is 0 Å². The molecule has 0 aliphatic rings. The highest BCUT2D eigenvalue weighted by atomic mass is 15.2. The van der Waals surface area contributed by atoms with Crippen LogP contribution in [0.1, 0.15) is 45.1 Å². The van der Waals surface area contributed by atoms with Gasteiger partial charge in [0.2, 0.25) is 0 Å². The van der Waals surface area contributed by atoms with Gasteiger partial charge in [0.05, 0.1) is 0 Å². The highest BCUT2D eigenvalue weighted by molar-refractivity contribution is 5.14. The van der Waals surface area contributed by atoms with Gasteiger partial charge < -0.3 is 10.6 Å². The molecule has 2 N–H and O–H groups in total. The first kappa shape index (κ1) is 16.2. The van der Waals surface area contributed by atoms with Gasteiger partial charge in [-0.25, -0.2) is 0 Å². The Morgan fingerprint density at radius 2 is 1.68 bits per heavy atom. The van der Waals surface area contributed by atoms with Gasteiger partial charge in [-0.05, 0) is 51.8 Å². The molecule has 19 heavy (non-hydrogen) atoms. The molecule has 108 valence electrons. The zero-order chi connectivity index (χ0) is 14.3. The minimum Gasteiger partial charge on any atom is -0.326 e. The van der Waals surface area contributed by atoms with Gasteiger partial charge >= 0.3 is 0 Å². The second-order valence-corrected chi connectivity index (χ2v) is 5.69. The lowest BCUT2D eigenvalue weighted by atomic mass is 9.81. The highest BCUT2D eigenvalue weighted by Crippen LogP contribution is 2.27. The van der Waals surface area contributed by atoms with Crippen LogP contribution in [-0.4, -0.2) is 30.6 Å². The van der Waals surface area contributed by atoms with Crippen molar-refractivity contribution in [2.75, 3.05) is 14.1 Å². The largest absolute Gasteiger partial charge is 0.326 e. The van der Waals surface area contributed by atoms with E-state index in [1.54, 1.807) is 0 Å². The zero-order valence-electron chi connectivity index (χ0n) is 13.0. The fraction of sp³-hybridized carbons (Fsp3) is 0.647. The van der Waals surface area contributed by atoms with Crippen molar-refractivity contribution in [3.05, 3.63) is 35.9 Å². The fourth-order valence-electron chi connectivity index (χ4n) is 3.18. The molecule has 2 nitrogen and oxygen atoms in total. The Morgan fingerprint density at radius 1 is 1.11 bits per heavy atom. The van der Waals surface area contributed by atoms with E-state index in [0.29, 0.717) is 0 Å². The molecule has 1 unspecified atom stereocenters. The van der Waals surface area contributed by atoms with Crippen molar-refractivity contribution in [1.29, 1.82) is 0 Å². The number of hydrogen-bond acceptors (Lipinski definition) is 2. The molecule has 0 heterocycles. The standard InChI is InChI=1S/C17H30N2/c1-5-17(6-2,19(3)4)16(18)14-10-13-15-11-8-7-9-12-15/h7-9,11-12,16H,5-6,10,13-14,18H2,1-4H3. The van der Waals surface area contributed by atoms with Crippen LogP contribution < -0.4 is 5.73 Å². The first-order valence-corrected chi connectivity index (χ1v) is 7.53. The molecule has 2 heteroatoms. The molecular weight excluding hydrogens is 232 g/mol. The van der Waals surface area contributed by atoms with Crippen LogP contribution in [0, 0.1) is 0 Å². The summed E-state index contributed by atoms with van der Waals surface area (Å²) in [6, 6.07) is 10.9. The summed E-state index contributed by atoms with van der Waals surface area (Å²) in [4.78, 5) is 2.32. The van der Waals surface area contributed by atoms with Crippen molar-refractivity contribution in [2.45, 2.75) is 57.5 Å². The molecule has 0 bridgehead atoms. The quantitative estimate of drug-likeness (QED) is 0.777. The molecule has 0 aromatic heterocycles. The van der Waals surface area contributed by atoms with E-state index in [9.17, 15) is 0 Å². The van der Waals surface area contributed by atoms with Crippen molar-refractivity contribution < 1.29 is 0 Å². The Kier molecular flexibility index (Phi) is 6.53. The second kappa shape index (κ2) is 7.66. The number of likely N-dealkylation sites (N-methyl/N-ethyl adjacent to an activating group) is 1. The predicted molar refractivity (Wildman–Crippen MR) is 84.4 cm³/mol. The number of nitrogens with zero attached hydrogens (tertiary/aromatic N) is 1. The third-order valence-electron chi connectivity index (χ3n) is 4.63. The average Bonchev–Trinajstić information content (AvgIpc) is 2.41. The SMILES string of the molecule is CCC(CC)(C(N)CCCc1ccccc1)N(C)C. The highest BCUT2D eigenvalue weighted by Gasteiger charge is 2.34. The van der Waals surface area contributed by atoms with E-state index < -0.39 is 0 Å². The summed E-state index contributed by atoms with van der Waals surface area (Å²) in [5.74, 6) is 0. The normalized spacial score (nSPS) is 13.8. The number of aryl methyl sites for hydroxylation is 1. The zero-order valence-corrected chi connectivity index (χ0v) is 13.0. The van der Waals surface area contributed by atoms with Gasteiger partial charge in [-0.1, -0.05) is 44.2 Å². The van der Waals surface area contributed by atoms with E-state index in [1.165, 1.54) is 12.0 Å². The molecule has 0 spiro atoms. The Morgan fingerprint density at radius 3 is 2.16 bits per heavy atom. The number of nitrogens with two attached hydrogens (primary N) is 1. The van der Waals surface area contributed by atoms with Crippen LogP contribution in [0.2, 0.25) is 0 Å². The molecule has 1 aromatic rings. The lowest BCUT2D eigenvalue weighted by Gasteiger charge is -2.43. The maximum absolute atomic E-state index is 6.50. The number of hydrogen-bond donors (Lipinski definition) is 1. The van der Waals surface area contributed by atoms with E-state index in [2.05, 4.69) is 63.2 Å². The summed E-state index contributed by atoms with van der Waals surface area (Å²) in [6.45, 7) is 4.50. The van der Waals surface area contributed by atoms with Crippen LogP contribution in [0.15, 0.2) is 30.3 Å². The van der Waals surface area contributed by atoms with Crippen LogP contribution in [0.4, 0.5) is 0 Å². The molecule has 0 radical (unpaired) electrons. The van der Waals surface area contributed by atoms with E-state index in [4.69, 9.17) is 5.73 Å².